The molecule has 21 heavy (non-hydrogen) atoms. The molecule has 1 aromatic carbocycles. The van der Waals surface area contributed by atoms with Gasteiger partial charge >= 0.3 is 0 Å². The van der Waals surface area contributed by atoms with E-state index in [4.69, 9.17) is 0 Å². The minimum atomic E-state index is -3.92. The number of amides is 2. The van der Waals surface area contributed by atoms with Crippen molar-refractivity contribution < 1.29 is 22.4 Å². The van der Waals surface area contributed by atoms with Gasteiger partial charge in [0.1, 0.15) is 10.7 Å². The summed E-state index contributed by atoms with van der Waals surface area (Å²) in [6.07, 6.45) is 0.352. The third kappa shape index (κ3) is 2.24. The molecule has 6 nitrogen and oxygen atoms in total. The topological polar surface area (TPSA) is 74.8 Å². The summed E-state index contributed by atoms with van der Waals surface area (Å²) in [5.74, 6) is -1.35. The first-order valence-corrected chi connectivity index (χ1v) is 7.95. The van der Waals surface area contributed by atoms with Crippen LogP contribution in [0, 0.1) is 5.82 Å². The maximum Gasteiger partial charge on any atom is 0.246 e. The van der Waals surface area contributed by atoms with Gasteiger partial charge < -0.3 is 0 Å². The summed E-state index contributed by atoms with van der Waals surface area (Å²) in [6, 6.07) is 4.70. The van der Waals surface area contributed by atoms with Gasteiger partial charge in [-0.25, -0.2) is 12.8 Å². The molecule has 3 rings (SSSR count). The summed E-state index contributed by atoms with van der Waals surface area (Å²) in [6.45, 7) is 0.0439. The second-order valence-corrected chi connectivity index (χ2v) is 6.97. The predicted octanol–water partition coefficient (Wildman–Crippen LogP) is 0.348. The van der Waals surface area contributed by atoms with Gasteiger partial charge in [0.15, 0.2) is 0 Å². The molecule has 2 heterocycles. The highest BCUT2D eigenvalue weighted by Crippen LogP contribution is 2.28. The van der Waals surface area contributed by atoms with Gasteiger partial charge in [0.05, 0.1) is 6.04 Å². The Balaban J connectivity index is 1.75. The number of hydrogen-bond acceptors (Lipinski definition) is 4. The van der Waals surface area contributed by atoms with Crippen LogP contribution in [-0.2, 0) is 19.6 Å². The lowest BCUT2D eigenvalue weighted by Gasteiger charge is -2.41. The number of carbonyl (C=O) groups excluding carboxylic acids is 2. The molecular formula is C13H13FN2O4S. The van der Waals surface area contributed by atoms with Gasteiger partial charge in [0.2, 0.25) is 21.8 Å². The van der Waals surface area contributed by atoms with Crippen molar-refractivity contribution in [3.05, 3.63) is 30.1 Å². The molecular weight excluding hydrogens is 299 g/mol. The predicted molar refractivity (Wildman–Crippen MR) is 70.0 cm³/mol. The number of sulfonamides is 1. The Morgan fingerprint density at radius 1 is 1.05 bits per heavy atom. The van der Waals surface area contributed by atoms with Crippen LogP contribution >= 0.6 is 0 Å². The molecule has 112 valence electrons. The number of halogens is 1. The Kier molecular flexibility index (Phi) is 3.29. The van der Waals surface area contributed by atoms with E-state index >= 15 is 0 Å². The van der Waals surface area contributed by atoms with E-state index in [0.29, 0.717) is 0 Å². The summed E-state index contributed by atoms with van der Waals surface area (Å²) in [4.78, 5) is 23.9. The molecule has 2 aliphatic rings. The minimum absolute atomic E-state index is 0.0220. The number of benzene rings is 1. The molecule has 0 spiro atoms. The highest BCUT2D eigenvalue weighted by atomic mass is 32.2. The minimum Gasteiger partial charge on any atom is -0.277 e. The fourth-order valence-corrected chi connectivity index (χ4v) is 4.15. The highest BCUT2D eigenvalue weighted by molar-refractivity contribution is 7.89. The lowest BCUT2D eigenvalue weighted by atomic mass is 10.1. The van der Waals surface area contributed by atoms with E-state index < -0.39 is 21.9 Å². The van der Waals surface area contributed by atoms with E-state index in [0.717, 1.165) is 15.3 Å². The van der Waals surface area contributed by atoms with Crippen LogP contribution in [0.4, 0.5) is 4.39 Å². The third-order valence-corrected chi connectivity index (χ3v) is 5.60. The van der Waals surface area contributed by atoms with E-state index in [9.17, 15) is 22.4 Å². The van der Waals surface area contributed by atoms with Crippen molar-refractivity contribution in [3.63, 3.8) is 0 Å². The van der Waals surface area contributed by atoms with Crippen LogP contribution in [0.15, 0.2) is 29.2 Å². The molecule has 2 amide bonds. The number of carbonyl (C=O) groups is 2. The van der Waals surface area contributed by atoms with E-state index in [1.807, 2.05) is 0 Å². The van der Waals surface area contributed by atoms with Crippen LogP contribution in [0.3, 0.4) is 0 Å². The average molecular weight is 312 g/mol. The van der Waals surface area contributed by atoms with Crippen molar-refractivity contribution in [2.45, 2.75) is 23.8 Å². The number of hydrogen-bond donors (Lipinski definition) is 0. The molecule has 0 bridgehead atoms. The zero-order valence-electron chi connectivity index (χ0n) is 11.0. The summed E-state index contributed by atoms with van der Waals surface area (Å²) in [7, 11) is -3.92. The molecule has 0 aromatic heterocycles. The molecule has 0 unspecified atom stereocenters. The zero-order chi connectivity index (χ0) is 15.2. The van der Waals surface area contributed by atoms with Crippen molar-refractivity contribution in [1.82, 2.24) is 9.21 Å². The van der Waals surface area contributed by atoms with Gasteiger partial charge in [-0.15, -0.1) is 0 Å². The summed E-state index contributed by atoms with van der Waals surface area (Å²) in [5, 5.41) is 0. The first-order chi connectivity index (χ1) is 9.91. The Labute approximate surface area is 121 Å². The monoisotopic (exact) mass is 312 g/mol. The molecule has 2 aliphatic heterocycles. The van der Waals surface area contributed by atoms with Gasteiger partial charge in [-0.2, -0.15) is 4.31 Å². The smallest absolute Gasteiger partial charge is 0.246 e. The van der Waals surface area contributed by atoms with Crippen LogP contribution in [0.5, 0.6) is 0 Å². The molecule has 8 heteroatoms. The standard InChI is InChI=1S/C13H13FN2O4S/c14-10-3-1-2-4-11(10)21(19,20)15-7-9(8-15)16-12(17)5-6-13(16)18/h1-4,9H,5-8H2. The third-order valence-electron chi connectivity index (χ3n) is 3.74. The van der Waals surface area contributed by atoms with E-state index in [-0.39, 0.29) is 42.6 Å². The van der Waals surface area contributed by atoms with Crippen molar-refractivity contribution in [3.8, 4) is 0 Å². The van der Waals surface area contributed by atoms with Gasteiger partial charge in [-0.1, -0.05) is 12.1 Å². The van der Waals surface area contributed by atoms with Crippen LogP contribution in [-0.4, -0.2) is 48.6 Å². The molecule has 2 fully saturated rings. The van der Waals surface area contributed by atoms with Gasteiger partial charge in [-0.05, 0) is 12.1 Å². The molecule has 0 atom stereocenters. The molecule has 1 aromatic rings. The number of nitrogens with zero attached hydrogens (tertiary/aromatic N) is 2. The fraction of sp³-hybridized carbons (Fsp3) is 0.385. The lowest BCUT2D eigenvalue weighted by molar-refractivity contribution is -0.143. The van der Waals surface area contributed by atoms with Crippen molar-refractivity contribution >= 4 is 21.8 Å². The number of likely N-dealkylation sites (tertiary alicyclic amines) is 1. The SMILES string of the molecule is O=C1CCC(=O)N1C1CN(S(=O)(=O)c2ccccc2F)C1. The van der Waals surface area contributed by atoms with E-state index in [1.54, 1.807) is 0 Å². The summed E-state index contributed by atoms with van der Waals surface area (Å²) in [5.41, 5.74) is 0. The second-order valence-electron chi connectivity index (χ2n) is 5.06. The molecule has 0 N–H and O–H groups in total. The van der Waals surface area contributed by atoms with Crippen LogP contribution in [0.25, 0.3) is 0 Å². The zero-order valence-corrected chi connectivity index (χ0v) is 11.8. The van der Waals surface area contributed by atoms with Gasteiger partial charge in [0, 0.05) is 25.9 Å². The molecule has 0 saturated carbocycles. The number of rotatable bonds is 3. The average Bonchev–Trinajstić information content (AvgIpc) is 2.69. The summed E-state index contributed by atoms with van der Waals surface area (Å²) >= 11 is 0. The molecule has 2 saturated heterocycles. The maximum atomic E-state index is 13.6. The van der Waals surface area contributed by atoms with Gasteiger partial charge in [0.25, 0.3) is 0 Å². The van der Waals surface area contributed by atoms with Gasteiger partial charge in [-0.3, -0.25) is 14.5 Å². The molecule has 0 radical (unpaired) electrons. The lowest BCUT2D eigenvalue weighted by Crippen LogP contribution is -2.62. The van der Waals surface area contributed by atoms with E-state index in [1.165, 1.54) is 18.2 Å². The highest BCUT2D eigenvalue weighted by Gasteiger charge is 2.45. The van der Waals surface area contributed by atoms with Crippen molar-refractivity contribution in [2.75, 3.05) is 13.1 Å². The van der Waals surface area contributed by atoms with E-state index in [2.05, 4.69) is 0 Å². The van der Waals surface area contributed by atoms with Crippen molar-refractivity contribution in [1.29, 1.82) is 0 Å². The Hall–Kier alpha value is -1.80. The first-order valence-electron chi connectivity index (χ1n) is 6.51. The first kappa shape index (κ1) is 14.2. The normalized spacial score (nSPS) is 20.9. The number of imide groups is 1. The van der Waals surface area contributed by atoms with Crippen LogP contribution in [0.1, 0.15) is 12.8 Å². The Morgan fingerprint density at radius 2 is 1.62 bits per heavy atom. The second kappa shape index (κ2) is 4.88. The summed E-state index contributed by atoms with van der Waals surface area (Å²) < 4.78 is 39.2. The Morgan fingerprint density at radius 3 is 2.19 bits per heavy atom. The fourth-order valence-electron chi connectivity index (χ4n) is 2.57. The molecule has 0 aliphatic carbocycles. The largest absolute Gasteiger partial charge is 0.277 e. The maximum absolute atomic E-state index is 13.6. The van der Waals surface area contributed by atoms with Crippen LogP contribution < -0.4 is 0 Å². The Bertz CT molecular complexity index is 697. The quantitative estimate of drug-likeness (QED) is 0.755. The van der Waals surface area contributed by atoms with Crippen molar-refractivity contribution in [2.24, 2.45) is 0 Å². The van der Waals surface area contributed by atoms with Crippen LogP contribution in [0.2, 0.25) is 0 Å².